The fraction of sp³-hybridized carbons (Fsp3) is 0.500. The molecule has 1 aliphatic carbocycles. The van der Waals surface area contributed by atoms with E-state index in [1.807, 2.05) is 12.3 Å². The Balaban J connectivity index is 2.06. The number of hydrogen-bond acceptors (Lipinski definition) is 4. The van der Waals surface area contributed by atoms with Crippen molar-refractivity contribution in [2.75, 3.05) is 5.75 Å². The lowest BCUT2D eigenvalue weighted by atomic mass is 10.1. The van der Waals surface area contributed by atoms with Crippen molar-refractivity contribution in [3.63, 3.8) is 0 Å². The highest BCUT2D eigenvalue weighted by atomic mass is 32.1. The highest BCUT2D eigenvalue weighted by Crippen LogP contribution is 2.47. The molecule has 5 heteroatoms. The molecule has 1 aliphatic rings. The van der Waals surface area contributed by atoms with Crippen molar-refractivity contribution in [3.05, 3.63) is 27.6 Å². The van der Waals surface area contributed by atoms with Gasteiger partial charge in [-0.3, -0.25) is 9.36 Å². The summed E-state index contributed by atoms with van der Waals surface area (Å²) >= 11 is 5.87. The monoisotopic (exact) mass is 266 g/mol. The minimum atomic E-state index is 0.0983. The van der Waals surface area contributed by atoms with E-state index < -0.39 is 0 Å². The quantitative estimate of drug-likeness (QED) is 0.866. The largest absolute Gasteiger partial charge is 0.297 e. The third-order valence-corrected chi connectivity index (χ3v) is 5.27. The van der Waals surface area contributed by atoms with E-state index >= 15 is 0 Å². The van der Waals surface area contributed by atoms with Crippen LogP contribution in [0.5, 0.6) is 0 Å². The van der Waals surface area contributed by atoms with Crippen molar-refractivity contribution in [1.29, 1.82) is 0 Å². The summed E-state index contributed by atoms with van der Waals surface area (Å²) in [5.41, 5.74) is 2.28. The maximum Gasteiger partial charge on any atom is 0.271 e. The second kappa shape index (κ2) is 3.85. The molecule has 2 aromatic rings. The lowest BCUT2D eigenvalue weighted by Crippen LogP contribution is -2.25. The van der Waals surface area contributed by atoms with Gasteiger partial charge in [0.1, 0.15) is 4.70 Å². The van der Waals surface area contributed by atoms with E-state index in [-0.39, 0.29) is 11.0 Å². The number of fused-ring (bicyclic) bond motifs is 1. The van der Waals surface area contributed by atoms with E-state index in [0.717, 1.165) is 28.1 Å². The van der Waals surface area contributed by atoms with Gasteiger partial charge in [-0.15, -0.1) is 11.3 Å². The van der Waals surface area contributed by atoms with Gasteiger partial charge in [0.25, 0.3) is 5.56 Å². The van der Waals surface area contributed by atoms with Gasteiger partial charge < -0.3 is 0 Å². The van der Waals surface area contributed by atoms with E-state index in [0.29, 0.717) is 0 Å². The number of rotatable bonds is 3. The van der Waals surface area contributed by atoms with E-state index in [1.54, 1.807) is 10.9 Å². The lowest BCUT2D eigenvalue weighted by Gasteiger charge is -2.13. The number of aryl methyl sites for hydroxylation is 1. The molecule has 0 amide bonds. The van der Waals surface area contributed by atoms with Gasteiger partial charge in [-0.05, 0) is 41.9 Å². The molecule has 17 heavy (non-hydrogen) atoms. The molecule has 3 rings (SSSR count). The molecule has 0 aliphatic heterocycles. The van der Waals surface area contributed by atoms with E-state index in [4.69, 9.17) is 0 Å². The van der Waals surface area contributed by atoms with Crippen LogP contribution in [0.25, 0.3) is 10.2 Å². The minimum Gasteiger partial charge on any atom is -0.297 e. The first-order valence-electron chi connectivity index (χ1n) is 5.69. The molecule has 0 radical (unpaired) electrons. The van der Waals surface area contributed by atoms with Crippen molar-refractivity contribution in [2.24, 2.45) is 5.41 Å². The van der Waals surface area contributed by atoms with Gasteiger partial charge in [0.2, 0.25) is 0 Å². The first-order chi connectivity index (χ1) is 8.15. The number of nitrogens with zero attached hydrogens (tertiary/aromatic N) is 2. The maximum atomic E-state index is 12.3. The zero-order valence-electron chi connectivity index (χ0n) is 9.64. The number of thiol groups is 1. The summed E-state index contributed by atoms with van der Waals surface area (Å²) in [6.07, 6.45) is 4.03. The van der Waals surface area contributed by atoms with Crippen molar-refractivity contribution in [3.8, 4) is 0 Å². The molecule has 0 unspecified atom stereocenters. The molecule has 0 N–H and O–H groups in total. The van der Waals surface area contributed by atoms with Gasteiger partial charge in [-0.2, -0.15) is 12.6 Å². The SMILES string of the molecule is Cc1csc2c(=O)n(CC3(CS)CC3)cnc12. The van der Waals surface area contributed by atoms with Crippen LogP contribution in [0.3, 0.4) is 0 Å². The Kier molecular flexibility index (Phi) is 2.56. The fourth-order valence-corrected chi connectivity index (χ4v) is 3.44. The summed E-state index contributed by atoms with van der Waals surface area (Å²) in [7, 11) is 0. The first kappa shape index (κ1) is 11.3. The van der Waals surface area contributed by atoms with Crippen LogP contribution in [0, 0.1) is 12.3 Å². The molecule has 0 atom stereocenters. The molecule has 1 saturated carbocycles. The standard InChI is InChI=1S/C12H14N2OS2/c1-8-4-17-10-9(8)13-7-14(11(10)15)5-12(6-16)2-3-12/h4,7,16H,2-3,5-6H2,1H3. The van der Waals surface area contributed by atoms with Crippen LogP contribution in [-0.4, -0.2) is 15.3 Å². The van der Waals surface area contributed by atoms with E-state index in [1.165, 1.54) is 24.2 Å². The molecule has 90 valence electrons. The molecule has 0 bridgehead atoms. The number of thiophene rings is 1. The molecule has 0 saturated heterocycles. The first-order valence-corrected chi connectivity index (χ1v) is 7.21. The number of hydrogen-bond donors (Lipinski definition) is 1. The lowest BCUT2D eigenvalue weighted by molar-refractivity contribution is 0.462. The van der Waals surface area contributed by atoms with Crippen LogP contribution in [0.1, 0.15) is 18.4 Å². The highest BCUT2D eigenvalue weighted by Gasteiger charge is 2.41. The van der Waals surface area contributed by atoms with Crippen molar-refractivity contribution >= 4 is 34.2 Å². The Bertz CT molecular complexity index is 625. The van der Waals surface area contributed by atoms with E-state index in [2.05, 4.69) is 17.6 Å². The third-order valence-electron chi connectivity index (χ3n) is 3.52. The zero-order valence-corrected chi connectivity index (χ0v) is 11.4. The molecule has 2 heterocycles. The zero-order chi connectivity index (χ0) is 12.0. The van der Waals surface area contributed by atoms with Crippen LogP contribution in [0.2, 0.25) is 0 Å². The summed E-state index contributed by atoms with van der Waals surface area (Å²) in [5, 5.41) is 1.99. The summed E-state index contributed by atoms with van der Waals surface area (Å²) in [6.45, 7) is 2.75. The van der Waals surface area contributed by atoms with Gasteiger partial charge in [-0.25, -0.2) is 4.98 Å². The minimum absolute atomic E-state index is 0.0983. The highest BCUT2D eigenvalue weighted by molar-refractivity contribution is 7.80. The average molecular weight is 266 g/mol. The Morgan fingerprint density at radius 1 is 1.59 bits per heavy atom. The second-order valence-electron chi connectivity index (χ2n) is 4.93. The van der Waals surface area contributed by atoms with Crippen molar-refractivity contribution in [2.45, 2.75) is 26.3 Å². The van der Waals surface area contributed by atoms with E-state index in [9.17, 15) is 4.79 Å². The maximum absolute atomic E-state index is 12.3. The Labute approximate surface area is 109 Å². The Morgan fingerprint density at radius 2 is 2.35 bits per heavy atom. The smallest absolute Gasteiger partial charge is 0.271 e. The topological polar surface area (TPSA) is 34.9 Å². The predicted octanol–water partition coefficient (Wildman–Crippen LogP) is 2.48. The van der Waals surface area contributed by atoms with Crippen LogP contribution in [0.15, 0.2) is 16.5 Å². The second-order valence-corrected chi connectivity index (χ2v) is 6.13. The molecule has 0 aromatic carbocycles. The molecule has 0 spiro atoms. The van der Waals surface area contributed by atoms with Gasteiger partial charge in [0.05, 0.1) is 11.8 Å². The van der Waals surface area contributed by atoms with Crippen LogP contribution >= 0.6 is 24.0 Å². The normalized spacial score (nSPS) is 17.5. The van der Waals surface area contributed by atoms with Crippen molar-refractivity contribution < 1.29 is 0 Å². The molecule has 2 aromatic heterocycles. The van der Waals surface area contributed by atoms with Gasteiger partial charge in [0, 0.05) is 6.54 Å². The van der Waals surface area contributed by atoms with Gasteiger partial charge >= 0.3 is 0 Å². The van der Waals surface area contributed by atoms with Crippen LogP contribution < -0.4 is 5.56 Å². The van der Waals surface area contributed by atoms with Crippen LogP contribution in [-0.2, 0) is 6.54 Å². The summed E-state index contributed by atoms with van der Waals surface area (Å²) in [4.78, 5) is 16.7. The molecule has 1 fully saturated rings. The predicted molar refractivity (Wildman–Crippen MR) is 74.1 cm³/mol. The third kappa shape index (κ3) is 1.81. The number of aromatic nitrogens is 2. The van der Waals surface area contributed by atoms with Crippen molar-refractivity contribution in [1.82, 2.24) is 9.55 Å². The Hall–Kier alpha value is -0.810. The molecular formula is C12H14N2OS2. The Morgan fingerprint density at radius 3 is 3.00 bits per heavy atom. The summed E-state index contributed by atoms with van der Waals surface area (Å²) < 4.78 is 2.53. The summed E-state index contributed by atoms with van der Waals surface area (Å²) in [6, 6.07) is 0. The molecule has 3 nitrogen and oxygen atoms in total. The average Bonchev–Trinajstić information content (AvgIpc) is 3.01. The molecular weight excluding hydrogens is 252 g/mol. The van der Waals surface area contributed by atoms with Crippen LogP contribution in [0.4, 0.5) is 0 Å². The fourth-order valence-electron chi connectivity index (χ4n) is 2.08. The van der Waals surface area contributed by atoms with Gasteiger partial charge in [-0.1, -0.05) is 0 Å². The summed E-state index contributed by atoms with van der Waals surface area (Å²) in [5.74, 6) is 0.848. The van der Waals surface area contributed by atoms with Gasteiger partial charge in [0.15, 0.2) is 0 Å².